The smallest absolute Gasteiger partial charge is 0.118 e. The van der Waals surface area contributed by atoms with Crippen LogP contribution >= 0.6 is 0 Å². The van der Waals surface area contributed by atoms with Crippen LogP contribution in [0.25, 0.3) is 0 Å². The summed E-state index contributed by atoms with van der Waals surface area (Å²) in [6.45, 7) is 2.76. The lowest BCUT2D eigenvalue weighted by atomic mass is 9.97. The van der Waals surface area contributed by atoms with Gasteiger partial charge >= 0.3 is 0 Å². The summed E-state index contributed by atoms with van der Waals surface area (Å²) < 4.78 is 5.19. The second-order valence-electron chi connectivity index (χ2n) is 4.79. The fraction of sp³-hybridized carbons (Fsp3) is 0.294. The van der Waals surface area contributed by atoms with Crippen molar-refractivity contribution in [1.82, 2.24) is 5.32 Å². The van der Waals surface area contributed by atoms with Crippen LogP contribution in [-0.4, -0.2) is 25.4 Å². The molecule has 0 unspecified atom stereocenters. The Kier molecular flexibility index (Phi) is 5.16. The van der Waals surface area contributed by atoms with Crippen molar-refractivity contribution in [1.29, 1.82) is 0 Å². The van der Waals surface area contributed by atoms with Gasteiger partial charge in [-0.2, -0.15) is 0 Å². The molecular formula is C17H21NO2. The lowest BCUT2D eigenvalue weighted by Crippen LogP contribution is -2.25. The van der Waals surface area contributed by atoms with Crippen LogP contribution < -0.4 is 10.1 Å². The molecule has 20 heavy (non-hydrogen) atoms. The molecule has 0 fully saturated rings. The summed E-state index contributed by atoms with van der Waals surface area (Å²) in [6, 6.07) is 16.5. The third kappa shape index (κ3) is 3.59. The molecule has 0 aliphatic carbocycles. The van der Waals surface area contributed by atoms with Crippen LogP contribution in [0, 0.1) is 6.92 Å². The minimum atomic E-state index is 0.0775. The van der Waals surface area contributed by atoms with Crippen LogP contribution in [0.5, 0.6) is 5.75 Å². The minimum Gasteiger partial charge on any atom is -0.497 e. The summed E-state index contributed by atoms with van der Waals surface area (Å²) in [5.41, 5.74) is 3.58. The van der Waals surface area contributed by atoms with Crippen molar-refractivity contribution in [3.63, 3.8) is 0 Å². The molecule has 0 aliphatic heterocycles. The molecular weight excluding hydrogens is 250 g/mol. The van der Waals surface area contributed by atoms with Gasteiger partial charge in [-0.05, 0) is 30.2 Å². The summed E-state index contributed by atoms with van der Waals surface area (Å²) >= 11 is 0. The number of hydrogen-bond donors (Lipinski definition) is 2. The van der Waals surface area contributed by atoms with E-state index in [-0.39, 0.29) is 12.6 Å². The molecule has 2 rings (SSSR count). The first-order valence-corrected chi connectivity index (χ1v) is 6.79. The van der Waals surface area contributed by atoms with Gasteiger partial charge < -0.3 is 15.2 Å². The van der Waals surface area contributed by atoms with E-state index in [9.17, 15) is 0 Å². The molecule has 106 valence electrons. The molecule has 3 heteroatoms. The number of ether oxygens (including phenoxy) is 1. The van der Waals surface area contributed by atoms with E-state index in [4.69, 9.17) is 9.84 Å². The van der Waals surface area contributed by atoms with E-state index in [1.807, 2.05) is 24.3 Å². The van der Waals surface area contributed by atoms with Crippen molar-refractivity contribution >= 4 is 0 Å². The van der Waals surface area contributed by atoms with Crippen molar-refractivity contribution in [3.8, 4) is 5.75 Å². The van der Waals surface area contributed by atoms with Crippen LogP contribution in [0.4, 0.5) is 0 Å². The normalized spacial score (nSPS) is 12.2. The standard InChI is InChI=1S/C17H21NO2/c1-13-3-5-14(6-4-13)17(18-11-12-19)15-7-9-16(20-2)10-8-15/h3-10,17-19H,11-12H2,1-2H3/t17-/m1/s1. The first-order valence-electron chi connectivity index (χ1n) is 6.79. The first-order chi connectivity index (χ1) is 9.74. The van der Waals surface area contributed by atoms with Crippen LogP contribution in [0.3, 0.4) is 0 Å². The fourth-order valence-electron chi connectivity index (χ4n) is 2.19. The zero-order valence-electron chi connectivity index (χ0n) is 12.0. The van der Waals surface area contributed by atoms with Gasteiger partial charge in [0.15, 0.2) is 0 Å². The predicted molar refractivity (Wildman–Crippen MR) is 81.1 cm³/mol. The van der Waals surface area contributed by atoms with Crippen molar-refractivity contribution in [2.45, 2.75) is 13.0 Å². The van der Waals surface area contributed by atoms with Crippen LogP contribution in [0.1, 0.15) is 22.7 Å². The Morgan fingerprint density at radius 2 is 1.55 bits per heavy atom. The van der Waals surface area contributed by atoms with Gasteiger partial charge in [-0.15, -0.1) is 0 Å². The van der Waals surface area contributed by atoms with Crippen LogP contribution in [0.2, 0.25) is 0 Å². The zero-order valence-corrected chi connectivity index (χ0v) is 12.0. The summed E-state index contributed by atoms with van der Waals surface area (Å²) in [7, 11) is 1.66. The minimum absolute atomic E-state index is 0.0775. The number of aliphatic hydroxyl groups is 1. The van der Waals surface area contributed by atoms with Gasteiger partial charge in [0.05, 0.1) is 19.8 Å². The van der Waals surface area contributed by atoms with Gasteiger partial charge in [-0.3, -0.25) is 0 Å². The lowest BCUT2D eigenvalue weighted by molar-refractivity contribution is 0.288. The second-order valence-corrected chi connectivity index (χ2v) is 4.79. The quantitative estimate of drug-likeness (QED) is 0.848. The molecule has 3 nitrogen and oxygen atoms in total. The number of hydrogen-bond acceptors (Lipinski definition) is 3. The van der Waals surface area contributed by atoms with Gasteiger partial charge in [-0.1, -0.05) is 42.0 Å². The van der Waals surface area contributed by atoms with E-state index < -0.39 is 0 Å². The Labute approximate surface area is 120 Å². The number of methoxy groups -OCH3 is 1. The van der Waals surface area contributed by atoms with Crippen molar-refractivity contribution in [2.75, 3.05) is 20.3 Å². The van der Waals surface area contributed by atoms with Crippen molar-refractivity contribution in [3.05, 3.63) is 65.2 Å². The predicted octanol–water partition coefficient (Wildman–Crippen LogP) is 2.67. The highest BCUT2D eigenvalue weighted by Crippen LogP contribution is 2.24. The van der Waals surface area contributed by atoms with Gasteiger partial charge in [0.1, 0.15) is 5.75 Å². The maximum atomic E-state index is 9.05. The highest BCUT2D eigenvalue weighted by Gasteiger charge is 2.13. The average molecular weight is 271 g/mol. The van der Waals surface area contributed by atoms with Gasteiger partial charge in [-0.25, -0.2) is 0 Å². The van der Waals surface area contributed by atoms with Crippen LogP contribution in [-0.2, 0) is 0 Å². The Morgan fingerprint density at radius 1 is 1.00 bits per heavy atom. The molecule has 2 N–H and O–H groups in total. The highest BCUT2D eigenvalue weighted by atomic mass is 16.5. The molecule has 0 saturated carbocycles. The monoisotopic (exact) mass is 271 g/mol. The van der Waals surface area contributed by atoms with Crippen molar-refractivity contribution < 1.29 is 9.84 Å². The maximum Gasteiger partial charge on any atom is 0.118 e. The maximum absolute atomic E-state index is 9.05. The molecule has 0 saturated heterocycles. The molecule has 0 aromatic heterocycles. The molecule has 0 bridgehead atoms. The summed E-state index contributed by atoms with van der Waals surface area (Å²) in [5.74, 6) is 0.846. The van der Waals surface area contributed by atoms with E-state index in [1.54, 1.807) is 7.11 Å². The SMILES string of the molecule is COc1ccc([C@H](NCCO)c2ccc(C)cc2)cc1. The number of rotatable bonds is 6. The Hall–Kier alpha value is -1.84. The Bertz CT molecular complexity index is 520. The third-order valence-electron chi connectivity index (χ3n) is 3.32. The summed E-state index contributed by atoms with van der Waals surface area (Å²) in [5, 5.41) is 12.4. The molecule has 0 aliphatic rings. The second kappa shape index (κ2) is 7.08. The van der Waals surface area contributed by atoms with E-state index >= 15 is 0 Å². The third-order valence-corrected chi connectivity index (χ3v) is 3.32. The molecule has 0 amide bonds. The largest absolute Gasteiger partial charge is 0.497 e. The lowest BCUT2D eigenvalue weighted by Gasteiger charge is -2.20. The number of nitrogens with one attached hydrogen (secondary N) is 1. The number of aryl methyl sites for hydroxylation is 1. The van der Waals surface area contributed by atoms with Gasteiger partial charge in [0.25, 0.3) is 0 Å². The molecule has 2 aromatic carbocycles. The molecule has 0 radical (unpaired) electrons. The zero-order chi connectivity index (χ0) is 14.4. The Balaban J connectivity index is 2.27. The number of benzene rings is 2. The van der Waals surface area contributed by atoms with E-state index in [1.165, 1.54) is 11.1 Å². The first kappa shape index (κ1) is 14.6. The molecule has 0 spiro atoms. The molecule has 1 atom stereocenters. The highest BCUT2D eigenvalue weighted by molar-refractivity contribution is 5.36. The van der Waals surface area contributed by atoms with Crippen molar-refractivity contribution in [2.24, 2.45) is 0 Å². The van der Waals surface area contributed by atoms with Gasteiger partial charge in [0, 0.05) is 6.54 Å². The average Bonchev–Trinajstić information content (AvgIpc) is 2.50. The fourth-order valence-corrected chi connectivity index (χ4v) is 2.19. The van der Waals surface area contributed by atoms with E-state index in [0.29, 0.717) is 6.54 Å². The Morgan fingerprint density at radius 3 is 2.05 bits per heavy atom. The van der Waals surface area contributed by atoms with Gasteiger partial charge in [0.2, 0.25) is 0 Å². The topological polar surface area (TPSA) is 41.5 Å². The van der Waals surface area contributed by atoms with E-state index in [2.05, 4.69) is 36.5 Å². The molecule has 0 heterocycles. The van der Waals surface area contributed by atoms with E-state index in [0.717, 1.165) is 11.3 Å². The molecule has 2 aromatic rings. The summed E-state index contributed by atoms with van der Waals surface area (Å²) in [4.78, 5) is 0. The van der Waals surface area contributed by atoms with Crippen LogP contribution in [0.15, 0.2) is 48.5 Å². The number of aliphatic hydroxyl groups excluding tert-OH is 1. The summed E-state index contributed by atoms with van der Waals surface area (Å²) in [6.07, 6.45) is 0.